The lowest BCUT2D eigenvalue weighted by molar-refractivity contribution is 0.758. The second-order valence-electron chi connectivity index (χ2n) is 6.48. The summed E-state index contributed by atoms with van der Waals surface area (Å²) in [5.41, 5.74) is 2.28. The minimum absolute atomic E-state index is 0.0138. The molecule has 0 unspecified atom stereocenters. The first-order chi connectivity index (χ1) is 13.7. The first kappa shape index (κ1) is 19.9. The van der Waals surface area contributed by atoms with E-state index in [-0.39, 0.29) is 5.56 Å². The van der Waals surface area contributed by atoms with Gasteiger partial charge in [-0.1, -0.05) is 37.3 Å². The maximum absolute atomic E-state index is 11.8. The Morgan fingerprint density at radius 3 is 2.36 bits per heavy atom. The maximum atomic E-state index is 11.8. The first-order valence-corrected chi connectivity index (χ1v) is 10.2. The molecule has 0 aliphatic rings. The van der Waals surface area contributed by atoms with E-state index in [1.54, 1.807) is 23.7 Å². The van der Waals surface area contributed by atoms with Crippen molar-refractivity contribution in [2.75, 3.05) is 7.05 Å². The highest BCUT2D eigenvalue weighted by molar-refractivity contribution is 7.11. The van der Waals surface area contributed by atoms with Gasteiger partial charge in [0.25, 0.3) is 5.56 Å². The van der Waals surface area contributed by atoms with Crippen molar-refractivity contribution in [1.29, 1.82) is 0 Å². The summed E-state index contributed by atoms with van der Waals surface area (Å²) < 4.78 is 1.70. The number of hydrogen-bond donors (Lipinski definition) is 2. The number of pyridine rings is 1. The average Bonchev–Trinajstić information content (AvgIpc) is 3.19. The number of rotatable bonds is 7. The van der Waals surface area contributed by atoms with E-state index in [0.29, 0.717) is 13.1 Å². The molecule has 0 saturated carbocycles. The minimum Gasteiger partial charge on any atom is -0.352 e. The summed E-state index contributed by atoms with van der Waals surface area (Å²) in [5.74, 6) is 0.784. The third-order valence-corrected chi connectivity index (χ3v) is 5.68. The predicted octanol–water partition coefficient (Wildman–Crippen LogP) is 3.39. The molecule has 2 N–H and O–H groups in total. The van der Waals surface area contributed by atoms with Crippen LogP contribution in [-0.4, -0.2) is 17.6 Å². The molecule has 0 bridgehead atoms. The summed E-state index contributed by atoms with van der Waals surface area (Å²) >= 11 is 1.83. The number of hydrogen-bond acceptors (Lipinski definition) is 3. The van der Waals surface area contributed by atoms with E-state index >= 15 is 0 Å². The Morgan fingerprint density at radius 1 is 0.964 bits per heavy atom. The molecule has 0 spiro atoms. The zero-order chi connectivity index (χ0) is 19.8. The third-order valence-electron chi connectivity index (χ3n) is 4.45. The van der Waals surface area contributed by atoms with Gasteiger partial charge in [0.2, 0.25) is 0 Å². The fraction of sp³-hybridized carbons (Fsp3) is 0.273. The van der Waals surface area contributed by atoms with Gasteiger partial charge in [-0.05, 0) is 35.7 Å². The van der Waals surface area contributed by atoms with Crippen molar-refractivity contribution < 1.29 is 0 Å². The second-order valence-corrected chi connectivity index (χ2v) is 7.74. The van der Waals surface area contributed by atoms with Crippen LogP contribution in [0.25, 0.3) is 0 Å². The van der Waals surface area contributed by atoms with Gasteiger partial charge in [0.1, 0.15) is 0 Å². The second kappa shape index (κ2) is 9.90. The van der Waals surface area contributed by atoms with Crippen molar-refractivity contribution in [2.45, 2.75) is 33.0 Å². The third kappa shape index (κ3) is 5.57. The molecule has 146 valence electrons. The topological polar surface area (TPSA) is 58.4 Å². The van der Waals surface area contributed by atoms with E-state index in [1.807, 2.05) is 23.6 Å². The largest absolute Gasteiger partial charge is 0.352 e. The van der Waals surface area contributed by atoms with Gasteiger partial charge in [0.05, 0.1) is 13.1 Å². The number of nitrogens with one attached hydrogen (secondary N) is 2. The van der Waals surface area contributed by atoms with E-state index in [2.05, 4.69) is 58.9 Å². The van der Waals surface area contributed by atoms with Gasteiger partial charge in [0.15, 0.2) is 5.96 Å². The number of guanidine groups is 1. The minimum atomic E-state index is 0.0138. The van der Waals surface area contributed by atoms with Crippen molar-refractivity contribution >= 4 is 17.3 Å². The number of aliphatic imine (C=N–C) groups is 1. The summed E-state index contributed by atoms with van der Waals surface area (Å²) in [5, 5.41) is 6.70. The Morgan fingerprint density at radius 2 is 1.68 bits per heavy atom. The molecule has 0 amide bonds. The van der Waals surface area contributed by atoms with Crippen LogP contribution in [0.5, 0.6) is 0 Å². The average molecular weight is 395 g/mol. The van der Waals surface area contributed by atoms with Crippen LogP contribution in [0.1, 0.15) is 27.8 Å². The monoisotopic (exact) mass is 394 g/mol. The van der Waals surface area contributed by atoms with E-state index in [0.717, 1.165) is 30.1 Å². The highest BCUT2D eigenvalue weighted by Gasteiger charge is 2.03. The molecule has 1 aromatic carbocycles. The summed E-state index contributed by atoms with van der Waals surface area (Å²) in [7, 11) is 1.78. The van der Waals surface area contributed by atoms with Crippen LogP contribution in [0.3, 0.4) is 0 Å². The fourth-order valence-electron chi connectivity index (χ4n) is 2.84. The van der Waals surface area contributed by atoms with Crippen molar-refractivity contribution in [3.8, 4) is 0 Å². The van der Waals surface area contributed by atoms with Crippen molar-refractivity contribution in [3.05, 3.63) is 92.0 Å². The molecular weight excluding hydrogens is 368 g/mol. The molecule has 5 nitrogen and oxygen atoms in total. The molecule has 6 heteroatoms. The lowest BCUT2D eigenvalue weighted by atomic mass is 10.1. The fourth-order valence-corrected chi connectivity index (χ4v) is 3.73. The number of nitrogens with zero attached hydrogens (tertiary/aromatic N) is 2. The Hall–Kier alpha value is -2.86. The van der Waals surface area contributed by atoms with Crippen molar-refractivity contribution in [3.63, 3.8) is 0 Å². The number of benzene rings is 1. The molecule has 0 radical (unpaired) electrons. The summed E-state index contributed by atoms with van der Waals surface area (Å²) in [6.45, 7) is 4.22. The SMILES string of the molecule is CCc1ccc(CNC(=NC)NCc2ccc(Cn3ccccc3=O)cc2)s1. The van der Waals surface area contributed by atoms with Crippen LogP contribution in [-0.2, 0) is 26.1 Å². The van der Waals surface area contributed by atoms with E-state index in [1.165, 1.54) is 9.75 Å². The summed E-state index contributed by atoms with van der Waals surface area (Å²) in [6, 6.07) is 17.8. The molecule has 3 aromatic rings. The Labute approximate surface area is 169 Å². The zero-order valence-corrected chi connectivity index (χ0v) is 17.1. The molecule has 3 rings (SSSR count). The lowest BCUT2D eigenvalue weighted by Crippen LogP contribution is -2.36. The van der Waals surface area contributed by atoms with Crippen molar-refractivity contribution in [2.24, 2.45) is 4.99 Å². The number of thiophene rings is 1. The van der Waals surface area contributed by atoms with Crippen LogP contribution in [0, 0.1) is 0 Å². The standard InChI is InChI=1S/C22H26N4OS/c1-3-19-11-12-20(28-19)15-25-22(23-2)24-14-17-7-9-18(10-8-17)16-26-13-5-4-6-21(26)27/h4-13H,3,14-16H2,1-2H3,(H2,23,24,25). The predicted molar refractivity (Wildman–Crippen MR) is 117 cm³/mol. The van der Waals surface area contributed by atoms with Crippen LogP contribution < -0.4 is 16.2 Å². The molecule has 2 aromatic heterocycles. The Bertz CT molecular complexity index is 972. The first-order valence-electron chi connectivity index (χ1n) is 9.43. The smallest absolute Gasteiger partial charge is 0.250 e. The van der Waals surface area contributed by atoms with Crippen LogP contribution in [0.15, 0.2) is 70.6 Å². The Balaban J connectivity index is 1.50. The highest BCUT2D eigenvalue weighted by Crippen LogP contribution is 2.16. The van der Waals surface area contributed by atoms with Gasteiger partial charge in [-0.3, -0.25) is 9.79 Å². The number of aromatic nitrogens is 1. The summed E-state index contributed by atoms with van der Waals surface area (Å²) in [4.78, 5) is 18.8. The van der Waals surface area contributed by atoms with Crippen LogP contribution in [0.4, 0.5) is 0 Å². The van der Waals surface area contributed by atoms with Crippen molar-refractivity contribution in [1.82, 2.24) is 15.2 Å². The quantitative estimate of drug-likeness (QED) is 0.477. The van der Waals surface area contributed by atoms with Crippen LogP contribution in [0.2, 0.25) is 0 Å². The maximum Gasteiger partial charge on any atom is 0.250 e. The molecule has 0 aliphatic carbocycles. The molecule has 0 aliphatic heterocycles. The normalized spacial score (nSPS) is 11.4. The molecule has 0 fully saturated rings. The van der Waals surface area contributed by atoms with Gasteiger partial charge in [0, 0.05) is 35.6 Å². The Kier molecular flexibility index (Phi) is 7.03. The molecule has 2 heterocycles. The van der Waals surface area contributed by atoms with Gasteiger partial charge in [-0.15, -0.1) is 11.3 Å². The van der Waals surface area contributed by atoms with Gasteiger partial charge in [-0.25, -0.2) is 0 Å². The van der Waals surface area contributed by atoms with E-state index in [4.69, 9.17) is 0 Å². The molecule has 28 heavy (non-hydrogen) atoms. The van der Waals surface area contributed by atoms with Gasteiger partial charge >= 0.3 is 0 Å². The van der Waals surface area contributed by atoms with E-state index < -0.39 is 0 Å². The number of aryl methyl sites for hydroxylation is 1. The van der Waals surface area contributed by atoms with Gasteiger partial charge < -0.3 is 15.2 Å². The lowest BCUT2D eigenvalue weighted by Gasteiger charge is -2.12. The molecule has 0 saturated heterocycles. The molecular formula is C22H26N4OS. The van der Waals surface area contributed by atoms with E-state index in [9.17, 15) is 4.79 Å². The van der Waals surface area contributed by atoms with Gasteiger partial charge in [-0.2, -0.15) is 0 Å². The van der Waals surface area contributed by atoms with Crippen LogP contribution >= 0.6 is 11.3 Å². The summed E-state index contributed by atoms with van der Waals surface area (Å²) in [6.07, 6.45) is 2.89. The zero-order valence-electron chi connectivity index (χ0n) is 16.3. The molecule has 0 atom stereocenters. The highest BCUT2D eigenvalue weighted by atomic mass is 32.1.